The monoisotopic (exact) mass is 299 g/mol. The van der Waals surface area contributed by atoms with E-state index in [1.54, 1.807) is 24.3 Å². The van der Waals surface area contributed by atoms with E-state index in [4.69, 9.17) is 0 Å². The summed E-state index contributed by atoms with van der Waals surface area (Å²) < 4.78 is 0. The number of carbonyl (C=O) groups excluding carboxylic acids is 2. The summed E-state index contributed by atoms with van der Waals surface area (Å²) in [6, 6.07) is 20.7. The molecule has 1 aliphatic rings. The number of ketones is 2. The molecule has 4 rings (SSSR count). The Morgan fingerprint density at radius 2 is 1.43 bits per heavy atom. The average Bonchev–Trinajstić information content (AvgIpc) is 2.59. The molecule has 0 heterocycles. The first-order chi connectivity index (χ1) is 11.2. The van der Waals surface area contributed by atoms with Crippen molar-refractivity contribution in [2.75, 3.05) is 0 Å². The van der Waals surface area contributed by atoms with Crippen molar-refractivity contribution in [1.29, 1.82) is 0 Å². The van der Waals surface area contributed by atoms with Crippen molar-refractivity contribution in [2.45, 2.75) is 6.42 Å². The minimum absolute atomic E-state index is 0.0558. The normalized spacial score (nSPS) is 15.9. The Kier molecular flexibility index (Phi) is 3.12. The van der Waals surface area contributed by atoms with Crippen LogP contribution in [0.2, 0.25) is 0 Å². The van der Waals surface area contributed by atoms with Crippen molar-refractivity contribution in [3.8, 4) is 0 Å². The second-order valence-electron chi connectivity index (χ2n) is 5.56. The van der Waals surface area contributed by atoms with Crippen LogP contribution in [0.4, 0.5) is 5.69 Å². The van der Waals surface area contributed by atoms with Crippen molar-refractivity contribution < 1.29 is 9.59 Å². The van der Waals surface area contributed by atoms with Gasteiger partial charge < -0.3 is 0 Å². The Balaban J connectivity index is 1.79. The van der Waals surface area contributed by atoms with E-state index in [9.17, 15) is 9.59 Å². The summed E-state index contributed by atoms with van der Waals surface area (Å²) in [6.07, 6.45) is 0.0582. The fourth-order valence-electron chi connectivity index (χ4n) is 2.90. The fourth-order valence-corrected chi connectivity index (χ4v) is 2.90. The third-order valence-electron chi connectivity index (χ3n) is 4.06. The molecule has 0 unspecified atom stereocenters. The maximum Gasteiger partial charge on any atom is 0.208 e. The van der Waals surface area contributed by atoms with Gasteiger partial charge in [-0.25, -0.2) is 4.99 Å². The zero-order valence-corrected chi connectivity index (χ0v) is 12.3. The predicted molar refractivity (Wildman–Crippen MR) is 90.8 cm³/mol. The smallest absolute Gasteiger partial charge is 0.208 e. The van der Waals surface area contributed by atoms with Crippen LogP contribution < -0.4 is 0 Å². The molecular formula is C20H13NO2. The lowest BCUT2D eigenvalue weighted by Gasteiger charge is -2.15. The first-order valence-electron chi connectivity index (χ1n) is 7.46. The minimum Gasteiger partial charge on any atom is -0.294 e. The molecule has 1 aliphatic carbocycles. The van der Waals surface area contributed by atoms with Crippen molar-refractivity contribution in [1.82, 2.24) is 0 Å². The molecule has 0 amide bonds. The summed E-state index contributed by atoms with van der Waals surface area (Å²) in [6.45, 7) is 0. The molecule has 110 valence electrons. The Hall–Kier alpha value is -3.07. The Bertz CT molecular complexity index is 986. The number of benzene rings is 3. The third-order valence-corrected chi connectivity index (χ3v) is 4.06. The van der Waals surface area contributed by atoms with Crippen LogP contribution in [0.1, 0.15) is 27.1 Å². The van der Waals surface area contributed by atoms with Gasteiger partial charge in [0.1, 0.15) is 0 Å². The number of nitrogens with zero attached hydrogens (tertiary/aromatic N) is 1. The molecule has 0 bridgehead atoms. The standard InChI is InChI=1S/C20H13NO2/c22-19-12-18(20(23)17-8-4-3-7-16(17)19)21-15-10-9-13-5-1-2-6-14(13)11-15/h1-11H,12H2. The van der Waals surface area contributed by atoms with Crippen LogP contribution in [0.15, 0.2) is 71.7 Å². The molecule has 23 heavy (non-hydrogen) atoms. The van der Waals surface area contributed by atoms with E-state index in [-0.39, 0.29) is 18.0 Å². The summed E-state index contributed by atoms with van der Waals surface area (Å²) >= 11 is 0. The highest BCUT2D eigenvalue weighted by molar-refractivity contribution is 6.53. The molecule has 0 spiro atoms. The van der Waals surface area contributed by atoms with Gasteiger partial charge in [-0.1, -0.05) is 54.6 Å². The number of carbonyl (C=O) groups is 2. The van der Waals surface area contributed by atoms with Crippen molar-refractivity contribution in [3.05, 3.63) is 77.9 Å². The van der Waals surface area contributed by atoms with Gasteiger partial charge in [-0.3, -0.25) is 9.59 Å². The highest BCUT2D eigenvalue weighted by atomic mass is 16.1. The fraction of sp³-hybridized carbons (Fsp3) is 0.0500. The summed E-state index contributed by atoms with van der Waals surface area (Å²) in [5.74, 6) is -0.215. The quantitative estimate of drug-likeness (QED) is 0.669. The number of hydrogen-bond acceptors (Lipinski definition) is 3. The van der Waals surface area contributed by atoms with Crippen LogP contribution in [0.5, 0.6) is 0 Å². The van der Waals surface area contributed by atoms with Gasteiger partial charge in [0.05, 0.1) is 17.8 Å². The molecule has 0 aliphatic heterocycles. The predicted octanol–water partition coefficient (Wildman–Crippen LogP) is 4.38. The Labute approximate surface area is 133 Å². The van der Waals surface area contributed by atoms with Crippen LogP contribution in [0.25, 0.3) is 10.8 Å². The molecule has 3 aromatic rings. The van der Waals surface area contributed by atoms with E-state index >= 15 is 0 Å². The van der Waals surface area contributed by atoms with E-state index < -0.39 is 0 Å². The topological polar surface area (TPSA) is 46.5 Å². The maximum absolute atomic E-state index is 12.5. The van der Waals surface area contributed by atoms with Crippen LogP contribution in [-0.2, 0) is 0 Å². The Morgan fingerprint density at radius 1 is 0.739 bits per heavy atom. The van der Waals surface area contributed by atoms with Gasteiger partial charge in [-0.2, -0.15) is 0 Å². The molecule has 0 saturated heterocycles. The molecule has 0 atom stereocenters. The SMILES string of the molecule is O=C1CC(=Nc2ccc3ccccc3c2)C(=O)c2ccccc21. The van der Waals surface area contributed by atoms with E-state index in [0.29, 0.717) is 22.5 Å². The zero-order valence-electron chi connectivity index (χ0n) is 12.3. The van der Waals surface area contributed by atoms with Gasteiger partial charge in [-0.15, -0.1) is 0 Å². The number of aliphatic imine (C=N–C) groups is 1. The number of Topliss-reactive ketones (excluding diaryl/α,β-unsaturated/α-hetero) is 2. The minimum atomic E-state index is -0.159. The van der Waals surface area contributed by atoms with Crippen molar-refractivity contribution in [3.63, 3.8) is 0 Å². The van der Waals surface area contributed by atoms with E-state index in [2.05, 4.69) is 4.99 Å². The molecule has 3 heteroatoms. The summed E-state index contributed by atoms with van der Waals surface area (Å²) in [5.41, 5.74) is 1.95. The number of fused-ring (bicyclic) bond motifs is 2. The van der Waals surface area contributed by atoms with Gasteiger partial charge in [-0.05, 0) is 22.9 Å². The molecule has 0 radical (unpaired) electrons. The molecular weight excluding hydrogens is 286 g/mol. The maximum atomic E-state index is 12.5. The van der Waals surface area contributed by atoms with Gasteiger partial charge in [0.25, 0.3) is 0 Å². The van der Waals surface area contributed by atoms with E-state index in [1.165, 1.54) is 0 Å². The molecule has 3 nitrogen and oxygen atoms in total. The largest absolute Gasteiger partial charge is 0.294 e. The lowest BCUT2D eigenvalue weighted by atomic mass is 9.88. The molecule has 3 aromatic carbocycles. The van der Waals surface area contributed by atoms with Crippen molar-refractivity contribution >= 4 is 33.7 Å². The van der Waals surface area contributed by atoms with Crippen LogP contribution in [0.3, 0.4) is 0 Å². The highest BCUT2D eigenvalue weighted by Crippen LogP contribution is 2.25. The number of hydrogen-bond donors (Lipinski definition) is 0. The summed E-state index contributed by atoms with van der Waals surface area (Å²) in [7, 11) is 0. The van der Waals surface area contributed by atoms with Crippen LogP contribution >= 0.6 is 0 Å². The zero-order chi connectivity index (χ0) is 15.8. The van der Waals surface area contributed by atoms with Gasteiger partial charge in [0.2, 0.25) is 5.78 Å². The van der Waals surface area contributed by atoms with Gasteiger partial charge in [0, 0.05) is 11.1 Å². The molecule has 0 N–H and O–H groups in total. The first kappa shape index (κ1) is 13.6. The second kappa shape index (κ2) is 5.29. The van der Waals surface area contributed by atoms with Gasteiger partial charge >= 0.3 is 0 Å². The van der Waals surface area contributed by atoms with E-state index in [1.807, 2.05) is 42.5 Å². The third kappa shape index (κ3) is 2.36. The average molecular weight is 299 g/mol. The van der Waals surface area contributed by atoms with Gasteiger partial charge in [0.15, 0.2) is 5.78 Å². The number of rotatable bonds is 1. The van der Waals surface area contributed by atoms with E-state index in [0.717, 1.165) is 10.8 Å². The molecule has 0 saturated carbocycles. The first-order valence-corrected chi connectivity index (χ1v) is 7.46. The second-order valence-corrected chi connectivity index (χ2v) is 5.56. The lowest BCUT2D eigenvalue weighted by molar-refractivity contribution is 0.0965. The Morgan fingerprint density at radius 3 is 2.26 bits per heavy atom. The summed E-state index contributed by atoms with van der Waals surface area (Å²) in [5, 5.41) is 2.18. The highest BCUT2D eigenvalue weighted by Gasteiger charge is 2.28. The molecule has 0 aromatic heterocycles. The molecule has 0 fully saturated rings. The van der Waals surface area contributed by atoms with Crippen LogP contribution in [-0.4, -0.2) is 17.3 Å². The van der Waals surface area contributed by atoms with Crippen molar-refractivity contribution in [2.24, 2.45) is 4.99 Å². The van der Waals surface area contributed by atoms with Crippen LogP contribution in [0, 0.1) is 0 Å². The lowest BCUT2D eigenvalue weighted by Crippen LogP contribution is -2.26. The summed E-state index contributed by atoms with van der Waals surface area (Å²) in [4.78, 5) is 29.2.